The van der Waals surface area contributed by atoms with E-state index in [4.69, 9.17) is 4.74 Å². The van der Waals surface area contributed by atoms with Gasteiger partial charge in [0.2, 0.25) is 0 Å². The summed E-state index contributed by atoms with van der Waals surface area (Å²) in [5.41, 5.74) is 1.21. The minimum atomic E-state index is -3.04. The molecule has 1 aromatic carbocycles. The third-order valence-electron chi connectivity index (χ3n) is 4.41. The van der Waals surface area contributed by atoms with Crippen LogP contribution in [-0.2, 0) is 16.3 Å². The van der Waals surface area contributed by atoms with Crippen molar-refractivity contribution in [1.82, 2.24) is 10.2 Å². The quantitative estimate of drug-likeness (QED) is 0.405. The number of guanidine groups is 1. The van der Waals surface area contributed by atoms with Crippen molar-refractivity contribution in [2.75, 3.05) is 39.5 Å². The van der Waals surface area contributed by atoms with Gasteiger partial charge in [0, 0.05) is 26.7 Å². The number of sulfone groups is 1. The number of halogens is 1. The van der Waals surface area contributed by atoms with E-state index in [-0.39, 0.29) is 29.7 Å². The van der Waals surface area contributed by atoms with Gasteiger partial charge in [0.05, 0.1) is 17.6 Å². The van der Waals surface area contributed by atoms with Crippen molar-refractivity contribution in [3.8, 4) is 5.75 Å². The van der Waals surface area contributed by atoms with Gasteiger partial charge in [-0.1, -0.05) is 12.1 Å². The molecule has 1 heterocycles. The molecule has 0 radical (unpaired) electrons. The van der Waals surface area contributed by atoms with Crippen molar-refractivity contribution < 1.29 is 13.2 Å². The second-order valence-electron chi connectivity index (χ2n) is 6.57. The topological polar surface area (TPSA) is 71.0 Å². The van der Waals surface area contributed by atoms with Crippen LogP contribution in [0.5, 0.6) is 5.75 Å². The second kappa shape index (κ2) is 9.07. The molecule has 0 atom stereocenters. The third-order valence-corrected chi connectivity index (χ3v) is 6.94. The van der Waals surface area contributed by atoms with Crippen LogP contribution in [0, 0.1) is 0 Å². The number of nitrogens with zero attached hydrogens (tertiary/aromatic N) is 2. The van der Waals surface area contributed by atoms with Crippen molar-refractivity contribution in [3.05, 3.63) is 29.8 Å². The van der Waals surface area contributed by atoms with E-state index in [9.17, 15) is 8.42 Å². The maximum absolute atomic E-state index is 12.1. The predicted molar refractivity (Wildman–Crippen MR) is 113 cm³/mol. The van der Waals surface area contributed by atoms with Gasteiger partial charge in [0.1, 0.15) is 5.75 Å². The van der Waals surface area contributed by atoms with Gasteiger partial charge in [-0.25, -0.2) is 8.42 Å². The largest absolute Gasteiger partial charge is 0.497 e. The van der Waals surface area contributed by atoms with E-state index < -0.39 is 14.6 Å². The summed E-state index contributed by atoms with van der Waals surface area (Å²) in [7, 11) is 0.340. The lowest BCUT2D eigenvalue weighted by Gasteiger charge is -2.39. The van der Waals surface area contributed by atoms with E-state index in [2.05, 4.69) is 10.3 Å². The fourth-order valence-electron chi connectivity index (χ4n) is 2.77. The molecule has 0 aliphatic carbocycles. The van der Waals surface area contributed by atoms with Gasteiger partial charge in [-0.3, -0.25) is 4.99 Å². The van der Waals surface area contributed by atoms with E-state index in [1.54, 1.807) is 28.0 Å². The Hall–Kier alpha value is -1.03. The molecule has 0 unspecified atom stereocenters. The SMILES string of the molecule is CN=C(NCCc1ccc(OC)cc1)N1CCS(=O)(=O)C(C)(C)C1.I. The van der Waals surface area contributed by atoms with E-state index in [1.165, 1.54) is 5.56 Å². The molecule has 2 rings (SSSR count). The maximum Gasteiger partial charge on any atom is 0.193 e. The molecule has 0 spiro atoms. The highest BCUT2D eigenvalue weighted by molar-refractivity contribution is 14.0. The lowest BCUT2D eigenvalue weighted by molar-refractivity contribution is 0.353. The molecule has 1 fully saturated rings. The van der Waals surface area contributed by atoms with Crippen LogP contribution in [0.2, 0.25) is 0 Å². The van der Waals surface area contributed by atoms with Crippen LogP contribution in [-0.4, -0.2) is 63.6 Å². The highest BCUT2D eigenvalue weighted by atomic mass is 127. The number of benzene rings is 1. The molecular formula is C17H28IN3O3S. The van der Waals surface area contributed by atoms with E-state index in [1.807, 2.05) is 29.2 Å². The van der Waals surface area contributed by atoms with Crippen LogP contribution in [0.1, 0.15) is 19.4 Å². The first-order valence-electron chi connectivity index (χ1n) is 8.10. The van der Waals surface area contributed by atoms with Gasteiger partial charge in [0.25, 0.3) is 0 Å². The van der Waals surface area contributed by atoms with Gasteiger partial charge < -0.3 is 15.0 Å². The van der Waals surface area contributed by atoms with E-state index in [0.29, 0.717) is 13.1 Å². The summed E-state index contributed by atoms with van der Waals surface area (Å²) in [5, 5.41) is 3.33. The summed E-state index contributed by atoms with van der Waals surface area (Å²) < 4.78 is 28.6. The Morgan fingerprint density at radius 2 is 1.96 bits per heavy atom. The lowest BCUT2D eigenvalue weighted by atomic mass is 10.1. The van der Waals surface area contributed by atoms with Gasteiger partial charge in [-0.05, 0) is 38.0 Å². The first-order chi connectivity index (χ1) is 11.3. The van der Waals surface area contributed by atoms with Crippen LogP contribution in [0.25, 0.3) is 0 Å². The molecule has 1 saturated heterocycles. The summed E-state index contributed by atoms with van der Waals surface area (Å²) in [6.45, 7) is 5.23. The molecule has 0 aromatic heterocycles. The summed E-state index contributed by atoms with van der Waals surface area (Å²) >= 11 is 0. The van der Waals surface area contributed by atoms with Gasteiger partial charge in [-0.15, -0.1) is 24.0 Å². The Morgan fingerprint density at radius 3 is 2.48 bits per heavy atom. The Labute approximate surface area is 168 Å². The monoisotopic (exact) mass is 481 g/mol. The number of methoxy groups -OCH3 is 1. The van der Waals surface area contributed by atoms with Gasteiger partial charge in [0.15, 0.2) is 15.8 Å². The van der Waals surface area contributed by atoms with E-state index in [0.717, 1.165) is 24.7 Å². The number of ether oxygens (including phenoxy) is 1. The Morgan fingerprint density at radius 1 is 1.32 bits per heavy atom. The van der Waals surface area contributed by atoms with Crippen LogP contribution < -0.4 is 10.1 Å². The zero-order chi connectivity index (χ0) is 17.8. The van der Waals surface area contributed by atoms with Crippen molar-refractivity contribution >= 4 is 39.8 Å². The molecule has 1 aliphatic rings. The number of nitrogens with one attached hydrogen (secondary N) is 1. The number of rotatable bonds is 4. The highest BCUT2D eigenvalue weighted by Gasteiger charge is 2.40. The van der Waals surface area contributed by atoms with Crippen LogP contribution in [0.15, 0.2) is 29.3 Å². The van der Waals surface area contributed by atoms with Crippen molar-refractivity contribution in [2.24, 2.45) is 4.99 Å². The first kappa shape index (κ1) is 22.0. The minimum absolute atomic E-state index is 0. The minimum Gasteiger partial charge on any atom is -0.497 e. The number of aliphatic imine (C=N–C) groups is 1. The summed E-state index contributed by atoms with van der Waals surface area (Å²) in [6, 6.07) is 7.98. The molecular weight excluding hydrogens is 453 g/mol. The Bertz CT molecular complexity index is 688. The van der Waals surface area contributed by atoms with Gasteiger partial charge in [-0.2, -0.15) is 0 Å². The summed E-state index contributed by atoms with van der Waals surface area (Å²) in [5.74, 6) is 1.77. The zero-order valence-corrected chi connectivity index (χ0v) is 18.4. The third kappa shape index (κ3) is 5.47. The Balaban J connectivity index is 0.00000312. The molecule has 25 heavy (non-hydrogen) atoms. The molecule has 1 aliphatic heterocycles. The molecule has 6 nitrogen and oxygen atoms in total. The molecule has 0 bridgehead atoms. The molecule has 1 aromatic rings. The highest BCUT2D eigenvalue weighted by Crippen LogP contribution is 2.23. The van der Waals surface area contributed by atoms with Crippen LogP contribution in [0.3, 0.4) is 0 Å². The lowest BCUT2D eigenvalue weighted by Crippen LogP contribution is -2.57. The zero-order valence-electron chi connectivity index (χ0n) is 15.3. The van der Waals surface area contributed by atoms with Crippen molar-refractivity contribution in [2.45, 2.75) is 25.0 Å². The molecule has 1 N–H and O–H groups in total. The average Bonchev–Trinajstić information content (AvgIpc) is 2.55. The normalized spacial score (nSPS) is 19.0. The smallest absolute Gasteiger partial charge is 0.193 e. The summed E-state index contributed by atoms with van der Waals surface area (Å²) in [6.07, 6.45) is 0.860. The fourth-order valence-corrected chi connectivity index (χ4v) is 4.13. The maximum atomic E-state index is 12.1. The number of hydrogen-bond acceptors (Lipinski definition) is 4. The summed E-state index contributed by atoms with van der Waals surface area (Å²) in [4.78, 5) is 6.32. The van der Waals surface area contributed by atoms with Crippen molar-refractivity contribution in [1.29, 1.82) is 0 Å². The standard InChI is InChI=1S/C17H27N3O3S.HI/c1-17(2)13-20(11-12-24(17,21)22)16(18-3)19-10-9-14-5-7-15(23-4)8-6-14;/h5-8H,9-13H2,1-4H3,(H,18,19);1H. The Kier molecular flexibility index (Phi) is 7.98. The fraction of sp³-hybridized carbons (Fsp3) is 0.588. The van der Waals surface area contributed by atoms with Crippen molar-refractivity contribution in [3.63, 3.8) is 0 Å². The predicted octanol–water partition coefficient (Wildman–Crippen LogP) is 1.94. The van der Waals surface area contributed by atoms with Crippen LogP contribution in [0.4, 0.5) is 0 Å². The second-order valence-corrected chi connectivity index (χ2v) is 9.32. The molecule has 0 amide bonds. The average molecular weight is 481 g/mol. The van der Waals surface area contributed by atoms with E-state index >= 15 is 0 Å². The first-order valence-corrected chi connectivity index (χ1v) is 9.75. The molecule has 0 saturated carbocycles. The van der Waals surface area contributed by atoms with Crippen LogP contribution >= 0.6 is 24.0 Å². The molecule has 8 heteroatoms. The number of hydrogen-bond donors (Lipinski definition) is 1. The van der Waals surface area contributed by atoms with Gasteiger partial charge >= 0.3 is 0 Å². The molecule has 142 valence electrons.